The van der Waals surface area contributed by atoms with Crippen LogP contribution in [0.1, 0.15) is 5.69 Å². The maximum Gasteiger partial charge on any atom is 0.181 e. The molecule has 0 spiro atoms. The first-order chi connectivity index (χ1) is 15.7. The van der Waals surface area contributed by atoms with Gasteiger partial charge in [0.15, 0.2) is 5.65 Å². The number of aromatic nitrogens is 7. The lowest BCUT2D eigenvalue weighted by atomic mass is 10.1. The number of aryl methyl sites for hydroxylation is 1. The third-order valence-corrected chi connectivity index (χ3v) is 5.59. The van der Waals surface area contributed by atoms with Crippen LogP contribution in [0.2, 0.25) is 0 Å². The van der Waals surface area contributed by atoms with E-state index in [-0.39, 0.29) is 0 Å². The molecule has 6 aromatic rings. The second-order valence-electron chi connectivity index (χ2n) is 7.65. The summed E-state index contributed by atoms with van der Waals surface area (Å²) in [5, 5.41) is 9.59. The van der Waals surface area contributed by atoms with E-state index in [4.69, 9.17) is 4.74 Å². The van der Waals surface area contributed by atoms with Crippen LogP contribution in [0.15, 0.2) is 67.5 Å². The van der Waals surface area contributed by atoms with E-state index in [1.807, 2.05) is 36.1 Å². The van der Waals surface area contributed by atoms with Gasteiger partial charge in [-0.15, -0.1) is 0 Å². The molecule has 156 valence electrons. The van der Waals surface area contributed by atoms with Crippen LogP contribution in [-0.2, 0) is 0 Å². The van der Waals surface area contributed by atoms with Crippen LogP contribution < -0.4 is 4.74 Å². The van der Waals surface area contributed by atoms with Crippen LogP contribution in [0, 0.1) is 6.92 Å². The second-order valence-corrected chi connectivity index (χ2v) is 7.65. The Morgan fingerprint density at radius 2 is 1.88 bits per heavy atom. The molecule has 0 unspecified atom stereocenters. The van der Waals surface area contributed by atoms with Crippen LogP contribution >= 0.6 is 0 Å². The molecule has 0 bridgehead atoms. The monoisotopic (exact) mass is 421 g/mol. The van der Waals surface area contributed by atoms with Gasteiger partial charge in [-0.2, -0.15) is 5.10 Å². The van der Waals surface area contributed by atoms with Crippen LogP contribution in [0.4, 0.5) is 0 Å². The lowest BCUT2D eigenvalue weighted by Crippen LogP contribution is -1.89. The predicted octanol–water partition coefficient (Wildman–Crippen LogP) is 4.67. The van der Waals surface area contributed by atoms with Gasteiger partial charge in [-0.05, 0) is 37.3 Å². The van der Waals surface area contributed by atoms with Crippen molar-refractivity contribution in [1.29, 1.82) is 0 Å². The summed E-state index contributed by atoms with van der Waals surface area (Å²) in [5.74, 6) is 0.702. The van der Waals surface area contributed by atoms with E-state index in [1.54, 1.807) is 25.7 Å². The molecule has 8 heteroatoms. The molecule has 0 saturated heterocycles. The van der Waals surface area contributed by atoms with Crippen molar-refractivity contribution in [2.45, 2.75) is 6.92 Å². The quantitative estimate of drug-likeness (QED) is 0.431. The number of aromatic amines is 2. The summed E-state index contributed by atoms with van der Waals surface area (Å²) in [7, 11) is 1.63. The van der Waals surface area contributed by atoms with Gasteiger partial charge < -0.3 is 14.3 Å². The maximum absolute atomic E-state index is 5.31. The van der Waals surface area contributed by atoms with Gasteiger partial charge in [0.05, 0.1) is 42.4 Å². The first-order valence-electron chi connectivity index (χ1n) is 10.2. The van der Waals surface area contributed by atoms with Crippen LogP contribution in [0.25, 0.3) is 50.1 Å². The van der Waals surface area contributed by atoms with Gasteiger partial charge in [-0.3, -0.25) is 10.1 Å². The van der Waals surface area contributed by atoms with E-state index in [2.05, 4.69) is 54.4 Å². The van der Waals surface area contributed by atoms with Gasteiger partial charge >= 0.3 is 0 Å². The number of nitrogens with zero attached hydrogens (tertiary/aromatic N) is 5. The summed E-state index contributed by atoms with van der Waals surface area (Å²) in [6.45, 7) is 1.98. The third-order valence-electron chi connectivity index (χ3n) is 5.59. The number of fused-ring (bicyclic) bond motifs is 2. The zero-order chi connectivity index (χ0) is 21.7. The van der Waals surface area contributed by atoms with E-state index >= 15 is 0 Å². The predicted molar refractivity (Wildman–Crippen MR) is 123 cm³/mol. The molecule has 8 nitrogen and oxygen atoms in total. The number of nitrogens with one attached hydrogen (secondary N) is 2. The summed E-state index contributed by atoms with van der Waals surface area (Å²) in [6.07, 6.45) is 9.14. The molecule has 0 aliphatic rings. The highest BCUT2D eigenvalue weighted by Crippen LogP contribution is 2.33. The van der Waals surface area contributed by atoms with Gasteiger partial charge in [0.2, 0.25) is 0 Å². The summed E-state index contributed by atoms with van der Waals surface area (Å²) < 4.78 is 7.35. The first kappa shape index (κ1) is 18.3. The van der Waals surface area contributed by atoms with Crippen molar-refractivity contribution in [2.75, 3.05) is 7.11 Å². The largest absolute Gasteiger partial charge is 0.495 e. The second kappa shape index (κ2) is 7.05. The molecule has 1 aromatic carbocycles. The number of imidazole rings is 1. The highest BCUT2D eigenvalue weighted by molar-refractivity contribution is 5.98. The van der Waals surface area contributed by atoms with Crippen LogP contribution in [-0.4, -0.2) is 41.8 Å². The molecule has 0 aliphatic heterocycles. The average Bonchev–Trinajstić information content (AvgIpc) is 3.55. The zero-order valence-corrected chi connectivity index (χ0v) is 17.5. The summed E-state index contributed by atoms with van der Waals surface area (Å²) in [6, 6.07) is 12.3. The SMILES string of the molecule is COc1cncc(-c2cnc3n[nH]c(-c4cc5c(-n6cnc(C)c6)cccc5[nH]4)c3c2)c1. The van der Waals surface area contributed by atoms with Crippen LogP contribution in [0.5, 0.6) is 5.75 Å². The first-order valence-corrected chi connectivity index (χ1v) is 10.2. The Morgan fingerprint density at radius 3 is 2.72 bits per heavy atom. The maximum atomic E-state index is 5.31. The average molecular weight is 421 g/mol. The van der Waals surface area contributed by atoms with Crippen LogP contribution in [0.3, 0.4) is 0 Å². The van der Waals surface area contributed by atoms with E-state index in [0.29, 0.717) is 11.4 Å². The Labute approximate surface area is 182 Å². The number of pyridine rings is 2. The smallest absolute Gasteiger partial charge is 0.181 e. The molecule has 5 heterocycles. The molecular formula is C24H19N7O. The fourth-order valence-electron chi connectivity index (χ4n) is 4.00. The van der Waals surface area contributed by atoms with Gasteiger partial charge in [0.1, 0.15) is 5.75 Å². The highest BCUT2D eigenvalue weighted by atomic mass is 16.5. The van der Waals surface area contributed by atoms with Crippen molar-refractivity contribution in [2.24, 2.45) is 0 Å². The third kappa shape index (κ3) is 2.92. The van der Waals surface area contributed by atoms with E-state index in [9.17, 15) is 0 Å². The number of rotatable bonds is 4. The lowest BCUT2D eigenvalue weighted by molar-refractivity contribution is 0.413. The van der Waals surface area contributed by atoms with Crippen molar-refractivity contribution in [3.05, 3.63) is 73.2 Å². The van der Waals surface area contributed by atoms with Gasteiger partial charge in [0.25, 0.3) is 0 Å². The molecule has 2 N–H and O–H groups in total. The Kier molecular flexibility index (Phi) is 4.04. The molecule has 0 saturated carbocycles. The number of H-pyrrole nitrogens is 2. The molecule has 0 radical (unpaired) electrons. The van der Waals surface area contributed by atoms with Crippen molar-refractivity contribution >= 4 is 21.9 Å². The zero-order valence-electron chi connectivity index (χ0n) is 17.5. The minimum atomic E-state index is 0.656. The van der Waals surface area contributed by atoms with Crippen molar-refractivity contribution in [3.63, 3.8) is 0 Å². The molecule has 0 atom stereocenters. The summed E-state index contributed by atoms with van der Waals surface area (Å²) >= 11 is 0. The molecule has 0 amide bonds. The van der Waals surface area contributed by atoms with Crippen molar-refractivity contribution < 1.29 is 4.74 Å². The summed E-state index contributed by atoms with van der Waals surface area (Å²) in [4.78, 5) is 16.7. The van der Waals surface area contributed by atoms with Gasteiger partial charge in [-0.1, -0.05) is 6.07 Å². The number of methoxy groups -OCH3 is 1. The number of ether oxygens (including phenoxy) is 1. The number of hydrogen-bond acceptors (Lipinski definition) is 5. The van der Waals surface area contributed by atoms with E-state index in [0.717, 1.165) is 50.2 Å². The topological polar surface area (TPSA) is 97.3 Å². The van der Waals surface area contributed by atoms with Crippen molar-refractivity contribution in [3.8, 4) is 34.0 Å². The Hall–Kier alpha value is -4.46. The fraction of sp³-hybridized carbons (Fsp3) is 0.0833. The van der Waals surface area contributed by atoms with Gasteiger partial charge in [0, 0.05) is 46.0 Å². The van der Waals surface area contributed by atoms with E-state index in [1.165, 1.54) is 0 Å². The number of hydrogen-bond donors (Lipinski definition) is 2. The van der Waals surface area contributed by atoms with E-state index < -0.39 is 0 Å². The molecule has 32 heavy (non-hydrogen) atoms. The Bertz CT molecular complexity index is 1590. The minimum Gasteiger partial charge on any atom is -0.495 e. The highest BCUT2D eigenvalue weighted by Gasteiger charge is 2.15. The number of benzene rings is 1. The Morgan fingerprint density at radius 1 is 0.969 bits per heavy atom. The molecular weight excluding hydrogens is 402 g/mol. The molecule has 6 rings (SSSR count). The molecule has 5 aromatic heterocycles. The van der Waals surface area contributed by atoms with Crippen molar-refractivity contribution in [1.82, 2.24) is 34.7 Å². The summed E-state index contributed by atoms with van der Waals surface area (Å²) in [5.41, 5.74) is 7.43. The lowest BCUT2D eigenvalue weighted by Gasteiger charge is -2.04. The standard InChI is InChI=1S/C24H19N7O/c1-14-12-31(13-27-14)22-5-3-4-20-18(22)8-21(28-20)23-19-7-16(10-26-24(19)30-29-23)15-6-17(32-2)11-25-9-15/h3-13,28H,1-2H3,(H,26,29,30). The van der Waals surface area contributed by atoms with Gasteiger partial charge in [-0.25, -0.2) is 9.97 Å². The molecule has 0 aliphatic carbocycles. The normalized spacial score (nSPS) is 11.4. The fourth-order valence-corrected chi connectivity index (χ4v) is 4.00. The molecule has 0 fully saturated rings. The minimum absolute atomic E-state index is 0.656. The Balaban J connectivity index is 1.49.